The average Bonchev–Trinajstić information content (AvgIpc) is 1.60. The number of nitrogens with one attached hydrogen (secondary N) is 1. The smallest absolute Gasteiger partial charge is 0.0127 e. The van der Waals surface area contributed by atoms with Gasteiger partial charge in [0, 0.05) is 5.54 Å². The van der Waals surface area contributed by atoms with Crippen molar-refractivity contribution in [2.45, 2.75) is 46.6 Å². The minimum Gasteiger partial charge on any atom is -0.315 e. The van der Waals surface area contributed by atoms with Crippen molar-refractivity contribution in [1.82, 2.24) is 5.32 Å². The van der Waals surface area contributed by atoms with Gasteiger partial charge in [-0.25, -0.2) is 0 Å². The lowest BCUT2D eigenvalue weighted by Gasteiger charge is -2.31. The molecule has 2 heteroatoms. The molecule has 0 rings (SSSR count). The van der Waals surface area contributed by atoms with E-state index in [1.54, 1.807) is 0 Å². The van der Waals surface area contributed by atoms with Crippen molar-refractivity contribution in [1.29, 1.82) is 0 Å². The van der Waals surface area contributed by atoms with Crippen LogP contribution in [-0.4, -0.2) is 12.6 Å². The second kappa shape index (κ2) is 4.36. The van der Waals surface area contributed by atoms with Crippen molar-refractivity contribution in [2.24, 2.45) is 5.41 Å². The molecule has 1 N–H and O–H groups in total. The van der Waals surface area contributed by atoms with Crippen molar-refractivity contribution in [3.05, 3.63) is 0 Å². The molecule has 0 amide bonds. The largest absolute Gasteiger partial charge is 0.315 e. The normalized spacial score (nSPS) is 12.5. The molecule has 0 radical (unpaired) electrons. The van der Waals surface area contributed by atoms with Crippen LogP contribution < -0.4 is 5.32 Å². The third-order valence-corrected chi connectivity index (χ3v) is 1.65. The second-order valence-corrected chi connectivity index (χ2v) is 4.87. The Balaban J connectivity index is 0. The van der Waals surface area contributed by atoms with Gasteiger partial charge in [0.1, 0.15) is 0 Å². The van der Waals surface area contributed by atoms with Crippen molar-refractivity contribution in [2.75, 3.05) is 7.05 Å². The summed E-state index contributed by atoms with van der Waals surface area (Å²) in [6, 6.07) is 0. The van der Waals surface area contributed by atoms with E-state index in [0.29, 0.717) is 5.41 Å². The monoisotopic (exact) mass is 177 g/mol. The van der Waals surface area contributed by atoms with Crippen molar-refractivity contribution in [3.63, 3.8) is 0 Å². The Morgan fingerprint density at radius 2 is 1.36 bits per heavy atom. The zero-order valence-corrected chi connectivity index (χ0v) is 9.71. The molecule has 70 valence electrons. The van der Waals surface area contributed by atoms with E-state index in [9.17, 15) is 0 Å². The van der Waals surface area contributed by atoms with Gasteiger partial charge in [0.2, 0.25) is 0 Å². The lowest BCUT2D eigenvalue weighted by molar-refractivity contribution is 0.254. The molecule has 0 heterocycles. The van der Waals surface area contributed by atoms with Crippen LogP contribution in [0.5, 0.6) is 0 Å². The van der Waals surface area contributed by atoms with Gasteiger partial charge in [-0.05, 0) is 32.7 Å². The van der Waals surface area contributed by atoms with Crippen molar-refractivity contribution >= 4 is 13.5 Å². The molecular weight excluding hydrogens is 154 g/mol. The summed E-state index contributed by atoms with van der Waals surface area (Å²) >= 11 is 0. The third-order valence-electron chi connectivity index (χ3n) is 1.65. The van der Waals surface area contributed by atoms with Crippen LogP contribution in [0.25, 0.3) is 0 Å². The number of rotatable bonds is 2. The van der Waals surface area contributed by atoms with E-state index in [0.717, 1.165) is 0 Å². The highest BCUT2D eigenvalue weighted by Crippen LogP contribution is 2.26. The van der Waals surface area contributed by atoms with E-state index < -0.39 is 0 Å². The third kappa shape index (κ3) is 8.21. The van der Waals surface area contributed by atoms with E-state index in [-0.39, 0.29) is 19.0 Å². The standard InChI is InChI=1S/C9H21N.H2S/c1-8(2,3)7-9(4,5)10-6;/h10H,7H2,1-6H3;1H2. The molecule has 0 bridgehead atoms. The van der Waals surface area contributed by atoms with E-state index in [2.05, 4.69) is 39.9 Å². The van der Waals surface area contributed by atoms with Crippen LogP contribution in [0.2, 0.25) is 0 Å². The van der Waals surface area contributed by atoms with Gasteiger partial charge in [0.05, 0.1) is 0 Å². The first-order valence-corrected chi connectivity index (χ1v) is 3.96. The van der Waals surface area contributed by atoms with Gasteiger partial charge >= 0.3 is 0 Å². The van der Waals surface area contributed by atoms with Crippen LogP contribution in [0.4, 0.5) is 0 Å². The first kappa shape index (κ1) is 13.9. The molecule has 0 saturated heterocycles. The fourth-order valence-electron chi connectivity index (χ4n) is 1.41. The summed E-state index contributed by atoms with van der Waals surface area (Å²) in [6.45, 7) is 11.3. The molecule has 0 unspecified atom stereocenters. The van der Waals surface area contributed by atoms with E-state index in [1.807, 2.05) is 7.05 Å². The Bertz CT molecular complexity index is 103. The summed E-state index contributed by atoms with van der Waals surface area (Å²) in [5.74, 6) is 0. The summed E-state index contributed by atoms with van der Waals surface area (Å²) in [5, 5.41) is 3.30. The highest BCUT2D eigenvalue weighted by atomic mass is 32.1. The molecule has 0 aliphatic rings. The van der Waals surface area contributed by atoms with Gasteiger partial charge in [-0.2, -0.15) is 13.5 Å². The molecule has 0 aromatic heterocycles. The van der Waals surface area contributed by atoms with Crippen LogP contribution in [0.15, 0.2) is 0 Å². The van der Waals surface area contributed by atoms with E-state index in [4.69, 9.17) is 0 Å². The lowest BCUT2D eigenvalue weighted by atomic mass is 9.82. The molecule has 0 aliphatic carbocycles. The molecule has 0 spiro atoms. The molecule has 0 aromatic rings. The van der Waals surface area contributed by atoms with Gasteiger partial charge < -0.3 is 5.32 Å². The van der Waals surface area contributed by atoms with Crippen LogP contribution in [-0.2, 0) is 0 Å². The predicted octanol–water partition coefficient (Wildman–Crippen LogP) is 2.53. The topological polar surface area (TPSA) is 12.0 Å². The number of hydrogen-bond donors (Lipinski definition) is 1. The van der Waals surface area contributed by atoms with Crippen molar-refractivity contribution < 1.29 is 0 Å². The summed E-state index contributed by atoms with van der Waals surface area (Å²) < 4.78 is 0. The van der Waals surface area contributed by atoms with Crippen LogP contribution in [0.3, 0.4) is 0 Å². The minimum absolute atomic E-state index is 0. The van der Waals surface area contributed by atoms with Gasteiger partial charge in [-0.15, -0.1) is 0 Å². The maximum absolute atomic E-state index is 3.30. The Kier molecular flexibility index (Phi) is 5.50. The van der Waals surface area contributed by atoms with E-state index >= 15 is 0 Å². The highest BCUT2D eigenvalue weighted by Gasteiger charge is 2.22. The average molecular weight is 177 g/mol. The zero-order chi connectivity index (χ0) is 8.41. The van der Waals surface area contributed by atoms with Gasteiger partial charge in [0.15, 0.2) is 0 Å². The van der Waals surface area contributed by atoms with Crippen LogP contribution in [0, 0.1) is 5.41 Å². The predicted molar refractivity (Wildman–Crippen MR) is 57.6 cm³/mol. The summed E-state index contributed by atoms with van der Waals surface area (Å²) in [5.41, 5.74) is 0.699. The lowest BCUT2D eigenvalue weighted by Crippen LogP contribution is -2.39. The van der Waals surface area contributed by atoms with E-state index in [1.165, 1.54) is 6.42 Å². The first-order chi connectivity index (χ1) is 4.27. The Hall–Kier alpha value is 0.310. The van der Waals surface area contributed by atoms with Crippen LogP contribution in [0.1, 0.15) is 41.0 Å². The molecule has 1 nitrogen and oxygen atoms in total. The zero-order valence-electron chi connectivity index (χ0n) is 8.71. The quantitative estimate of drug-likeness (QED) is 0.683. The SMILES string of the molecule is CNC(C)(C)CC(C)(C)C.S. The van der Waals surface area contributed by atoms with Gasteiger partial charge in [-0.1, -0.05) is 20.8 Å². The maximum Gasteiger partial charge on any atom is 0.0127 e. The molecule has 0 aliphatic heterocycles. The Morgan fingerprint density at radius 1 is 1.00 bits per heavy atom. The van der Waals surface area contributed by atoms with Crippen molar-refractivity contribution in [3.8, 4) is 0 Å². The molecule has 0 saturated carbocycles. The maximum atomic E-state index is 3.30. The number of hydrogen-bond acceptors (Lipinski definition) is 1. The highest BCUT2D eigenvalue weighted by molar-refractivity contribution is 7.59. The molecule has 0 atom stereocenters. The molecule has 0 fully saturated rings. The minimum atomic E-state index is 0. The summed E-state index contributed by atoms with van der Waals surface area (Å²) in [4.78, 5) is 0. The first-order valence-electron chi connectivity index (χ1n) is 3.96. The summed E-state index contributed by atoms with van der Waals surface area (Å²) in [6.07, 6.45) is 1.20. The molecule has 11 heavy (non-hydrogen) atoms. The Labute approximate surface area is 78.4 Å². The molecular formula is C9H23NS. The van der Waals surface area contributed by atoms with Crippen LogP contribution >= 0.6 is 13.5 Å². The fraction of sp³-hybridized carbons (Fsp3) is 1.00. The van der Waals surface area contributed by atoms with Gasteiger partial charge in [0.25, 0.3) is 0 Å². The second-order valence-electron chi connectivity index (χ2n) is 4.87. The summed E-state index contributed by atoms with van der Waals surface area (Å²) in [7, 11) is 2.02. The molecule has 0 aromatic carbocycles. The Morgan fingerprint density at radius 3 is 1.45 bits per heavy atom. The van der Waals surface area contributed by atoms with Gasteiger partial charge in [-0.3, -0.25) is 0 Å². The fourth-order valence-corrected chi connectivity index (χ4v) is 1.41.